The van der Waals surface area contributed by atoms with Crippen LogP contribution in [0.5, 0.6) is 0 Å². The van der Waals surface area contributed by atoms with E-state index in [1.54, 1.807) is 60.7 Å². The minimum Gasteiger partial charge on any atom is -0.478 e. The number of aromatic carboxylic acids is 1. The largest absolute Gasteiger partial charge is 0.478 e. The lowest BCUT2D eigenvalue weighted by Gasteiger charge is -2.11. The molecule has 2 amide bonds. The van der Waals surface area contributed by atoms with Crippen LogP contribution in [0.3, 0.4) is 0 Å². The van der Waals surface area contributed by atoms with E-state index in [1.807, 2.05) is 0 Å². The van der Waals surface area contributed by atoms with Crippen LogP contribution in [0.25, 0.3) is 11.1 Å². The molecule has 29 heavy (non-hydrogen) atoms. The van der Waals surface area contributed by atoms with Gasteiger partial charge in [0.15, 0.2) is 5.78 Å². The lowest BCUT2D eigenvalue weighted by molar-refractivity contribution is 0.0697. The van der Waals surface area contributed by atoms with E-state index >= 15 is 0 Å². The number of amides is 2. The molecule has 0 saturated carbocycles. The number of nitrogens with one attached hydrogen (secondary N) is 2. The normalized spacial score (nSPS) is 10.3. The van der Waals surface area contributed by atoms with Crippen LogP contribution in [0.1, 0.15) is 27.6 Å². The predicted octanol–water partition coefficient (Wildman–Crippen LogP) is 5.66. The van der Waals surface area contributed by atoms with Crippen molar-refractivity contribution in [1.29, 1.82) is 0 Å². The van der Waals surface area contributed by atoms with Crippen LogP contribution in [0.15, 0.2) is 71.2 Å². The zero-order valence-corrected chi connectivity index (χ0v) is 17.0. The average molecular weight is 453 g/mol. The molecule has 0 aliphatic carbocycles. The first-order valence-electron chi connectivity index (χ1n) is 8.66. The second-order valence-corrected chi connectivity index (χ2v) is 7.20. The Labute approximate surface area is 175 Å². The van der Waals surface area contributed by atoms with Crippen LogP contribution in [0, 0.1) is 0 Å². The van der Waals surface area contributed by atoms with Gasteiger partial charge in [-0.1, -0.05) is 34.1 Å². The van der Waals surface area contributed by atoms with E-state index in [-0.39, 0.29) is 11.3 Å². The molecule has 3 aromatic carbocycles. The van der Waals surface area contributed by atoms with Crippen molar-refractivity contribution < 1.29 is 19.5 Å². The van der Waals surface area contributed by atoms with Gasteiger partial charge in [-0.2, -0.15) is 0 Å². The van der Waals surface area contributed by atoms with Crippen molar-refractivity contribution in [1.82, 2.24) is 0 Å². The molecule has 0 saturated heterocycles. The topological polar surface area (TPSA) is 95.5 Å². The molecule has 0 fully saturated rings. The van der Waals surface area contributed by atoms with Gasteiger partial charge in [-0.05, 0) is 66.6 Å². The fraction of sp³-hybridized carbons (Fsp3) is 0.0455. The minimum absolute atomic E-state index is 0.0495. The van der Waals surface area contributed by atoms with E-state index in [1.165, 1.54) is 13.0 Å². The van der Waals surface area contributed by atoms with Crippen molar-refractivity contribution in [3.8, 4) is 11.1 Å². The Hall–Kier alpha value is -3.45. The van der Waals surface area contributed by atoms with Gasteiger partial charge in [-0.3, -0.25) is 4.79 Å². The van der Waals surface area contributed by atoms with E-state index in [0.29, 0.717) is 32.5 Å². The second-order valence-electron chi connectivity index (χ2n) is 6.29. The van der Waals surface area contributed by atoms with E-state index < -0.39 is 12.0 Å². The van der Waals surface area contributed by atoms with E-state index in [9.17, 15) is 19.5 Å². The fourth-order valence-corrected chi connectivity index (χ4v) is 3.15. The summed E-state index contributed by atoms with van der Waals surface area (Å²) in [6.45, 7) is 1.48. The molecule has 0 aliphatic heterocycles. The maximum absolute atomic E-state index is 12.3. The molecule has 146 valence electrons. The van der Waals surface area contributed by atoms with E-state index in [4.69, 9.17) is 0 Å². The van der Waals surface area contributed by atoms with Crippen LogP contribution in [0.2, 0.25) is 0 Å². The molecule has 0 unspecified atom stereocenters. The van der Waals surface area contributed by atoms with Crippen molar-refractivity contribution in [2.45, 2.75) is 6.92 Å². The molecule has 0 aliphatic rings. The van der Waals surface area contributed by atoms with Gasteiger partial charge in [0, 0.05) is 21.4 Å². The van der Waals surface area contributed by atoms with Crippen molar-refractivity contribution >= 4 is 45.1 Å². The Morgan fingerprint density at radius 2 is 1.55 bits per heavy atom. The first kappa shape index (κ1) is 20.3. The quantitative estimate of drug-likeness (QED) is 0.435. The number of rotatable bonds is 5. The van der Waals surface area contributed by atoms with Gasteiger partial charge in [0.2, 0.25) is 0 Å². The lowest BCUT2D eigenvalue weighted by Crippen LogP contribution is -2.19. The smallest absolute Gasteiger partial charge is 0.336 e. The van der Waals surface area contributed by atoms with Gasteiger partial charge >= 0.3 is 12.0 Å². The number of Topliss-reactive ketones (excluding diaryl/α,β-unsaturated/α-hetero) is 1. The Morgan fingerprint density at radius 3 is 2.21 bits per heavy atom. The first-order valence-corrected chi connectivity index (χ1v) is 9.45. The molecule has 3 rings (SSSR count). The Kier molecular flexibility index (Phi) is 6.09. The average Bonchev–Trinajstić information content (AvgIpc) is 2.68. The monoisotopic (exact) mass is 452 g/mol. The minimum atomic E-state index is -1.04. The van der Waals surface area contributed by atoms with E-state index in [0.717, 1.165) is 0 Å². The number of carboxylic acid groups (broad SMARTS) is 1. The van der Waals surface area contributed by atoms with Crippen molar-refractivity contribution in [3.05, 3.63) is 82.3 Å². The number of carbonyl (C=O) groups is 3. The summed E-state index contributed by atoms with van der Waals surface area (Å²) in [4.78, 5) is 35.2. The Morgan fingerprint density at radius 1 is 0.862 bits per heavy atom. The number of benzene rings is 3. The summed E-state index contributed by atoms with van der Waals surface area (Å²) in [5, 5.41) is 14.9. The molecule has 0 spiro atoms. The molecule has 0 heterocycles. The van der Waals surface area contributed by atoms with Crippen LogP contribution < -0.4 is 10.6 Å². The molecule has 7 heteroatoms. The summed E-state index contributed by atoms with van der Waals surface area (Å²) >= 11 is 3.28. The Balaban J connectivity index is 1.77. The number of halogens is 1. The Bertz CT molecular complexity index is 1090. The summed E-state index contributed by atoms with van der Waals surface area (Å²) in [5.41, 5.74) is 2.99. The van der Waals surface area contributed by atoms with Gasteiger partial charge in [0.1, 0.15) is 0 Å². The van der Waals surface area contributed by atoms with Crippen molar-refractivity contribution in [3.63, 3.8) is 0 Å². The molecule has 0 atom stereocenters. The van der Waals surface area contributed by atoms with Crippen LogP contribution in [-0.4, -0.2) is 22.9 Å². The number of urea groups is 1. The van der Waals surface area contributed by atoms with Crippen molar-refractivity contribution in [2.24, 2.45) is 0 Å². The first-order chi connectivity index (χ1) is 13.8. The highest BCUT2D eigenvalue weighted by Crippen LogP contribution is 2.28. The molecular weight excluding hydrogens is 436 g/mol. The highest BCUT2D eigenvalue weighted by Gasteiger charge is 2.13. The fourth-order valence-electron chi connectivity index (χ4n) is 2.79. The molecule has 0 radical (unpaired) electrons. The molecule has 3 aromatic rings. The van der Waals surface area contributed by atoms with Gasteiger partial charge in [-0.25, -0.2) is 9.59 Å². The highest BCUT2D eigenvalue weighted by molar-refractivity contribution is 9.10. The number of hydrogen-bond donors (Lipinski definition) is 3. The molecule has 3 N–H and O–H groups in total. The number of ketones is 1. The van der Waals surface area contributed by atoms with Crippen molar-refractivity contribution in [2.75, 3.05) is 10.6 Å². The second kappa shape index (κ2) is 8.70. The number of carbonyl (C=O) groups excluding carboxylic acids is 2. The summed E-state index contributed by atoms with van der Waals surface area (Å²) in [6.07, 6.45) is 0. The number of carboxylic acids is 1. The molecule has 0 aromatic heterocycles. The SMILES string of the molecule is CC(=O)c1ccc(NC(=O)Nc2cccc(-c3ccc(Br)cc3C(=O)O)c2)cc1. The third-order valence-corrected chi connectivity index (χ3v) is 4.69. The van der Waals surface area contributed by atoms with Gasteiger partial charge < -0.3 is 15.7 Å². The zero-order chi connectivity index (χ0) is 21.0. The van der Waals surface area contributed by atoms with Crippen LogP contribution in [0.4, 0.5) is 16.2 Å². The number of hydrogen-bond acceptors (Lipinski definition) is 3. The summed E-state index contributed by atoms with van der Waals surface area (Å²) in [7, 11) is 0. The van der Waals surface area contributed by atoms with Crippen LogP contribution >= 0.6 is 15.9 Å². The van der Waals surface area contributed by atoms with Gasteiger partial charge in [0.05, 0.1) is 5.56 Å². The standard InChI is InChI=1S/C22H17BrN2O4/c1-13(26)14-5-8-17(9-6-14)24-22(29)25-18-4-2-3-15(11-18)19-10-7-16(23)12-20(19)21(27)28/h2-12H,1H3,(H,27,28)(H2,24,25,29). The predicted molar refractivity (Wildman–Crippen MR) is 116 cm³/mol. The molecular formula is C22H17BrN2O4. The third-order valence-electron chi connectivity index (χ3n) is 4.19. The maximum atomic E-state index is 12.3. The van der Waals surface area contributed by atoms with Gasteiger partial charge in [-0.15, -0.1) is 0 Å². The lowest BCUT2D eigenvalue weighted by atomic mass is 9.99. The van der Waals surface area contributed by atoms with Crippen LogP contribution in [-0.2, 0) is 0 Å². The summed E-state index contributed by atoms with van der Waals surface area (Å²) < 4.78 is 0.670. The number of anilines is 2. The third kappa shape index (κ3) is 5.08. The zero-order valence-electron chi connectivity index (χ0n) is 15.4. The van der Waals surface area contributed by atoms with Gasteiger partial charge in [0.25, 0.3) is 0 Å². The maximum Gasteiger partial charge on any atom is 0.336 e. The summed E-state index contributed by atoms with van der Waals surface area (Å²) in [5.74, 6) is -1.09. The summed E-state index contributed by atoms with van der Waals surface area (Å²) in [6, 6.07) is 18.1. The van der Waals surface area contributed by atoms with E-state index in [2.05, 4.69) is 26.6 Å². The highest BCUT2D eigenvalue weighted by atomic mass is 79.9. The molecule has 0 bridgehead atoms. The molecule has 6 nitrogen and oxygen atoms in total.